The zero-order chi connectivity index (χ0) is 17.5. The van der Waals surface area contributed by atoms with Crippen LogP contribution < -0.4 is 11.1 Å². The highest BCUT2D eigenvalue weighted by molar-refractivity contribution is 5.99. The number of hydrogen-bond acceptors (Lipinski definition) is 3. The maximum atomic E-state index is 12.6. The molecule has 5 heteroatoms. The number of rotatable bonds is 6. The maximum Gasteiger partial charge on any atom is 0.254 e. The second kappa shape index (κ2) is 8.15. The van der Waals surface area contributed by atoms with E-state index in [1.807, 2.05) is 38.1 Å². The molecule has 0 aromatic heterocycles. The molecule has 2 rings (SSSR count). The highest BCUT2D eigenvalue weighted by atomic mass is 16.2. The summed E-state index contributed by atoms with van der Waals surface area (Å²) < 4.78 is 0. The van der Waals surface area contributed by atoms with E-state index in [2.05, 4.69) is 5.32 Å². The van der Waals surface area contributed by atoms with Crippen molar-refractivity contribution < 1.29 is 9.59 Å². The molecule has 0 radical (unpaired) electrons. The summed E-state index contributed by atoms with van der Waals surface area (Å²) in [6.07, 6.45) is 0.776. The van der Waals surface area contributed by atoms with Gasteiger partial charge < -0.3 is 16.0 Å². The van der Waals surface area contributed by atoms with Crippen molar-refractivity contribution in [3.63, 3.8) is 0 Å². The molecule has 0 spiro atoms. The van der Waals surface area contributed by atoms with E-state index in [1.165, 1.54) is 0 Å². The Morgan fingerprint density at radius 2 is 1.75 bits per heavy atom. The monoisotopic (exact) mass is 325 g/mol. The molecule has 0 saturated carbocycles. The SMILES string of the molecule is CCCN(CC(=O)Nc1ccccc1C)C(=O)c1ccc(N)cc1. The summed E-state index contributed by atoms with van der Waals surface area (Å²) in [5.74, 6) is -0.377. The minimum absolute atomic E-state index is 0.0192. The lowest BCUT2D eigenvalue weighted by molar-refractivity contribution is -0.116. The molecule has 0 saturated heterocycles. The molecular weight excluding hydrogens is 302 g/mol. The highest BCUT2D eigenvalue weighted by Gasteiger charge is 2.18. The number of carbonyl (C=O) groups excluding carboxylic acids is 2. The van der Waals surface area contributed by atoms with E-state index in [0.29, 0.717) is 17.8 Å². The maximum absolute atomic E-state index is 12.6. The fraction of sp³-hybridized carbons (Fsp3) is 0.263. The highest BCUT2D eigenvalue weighted by Crippen LogP contribution is 2.14. The van der Waals surface area contributed by atoms with E-state index >= 15 is 0 Å². The van der Waals surface area contributed by atoms with Crippen LogP contribution in [0.1, 0.15) is 29.3 Å². The predicted molar refractivity (Wildman–Crippen MR) is 96.9 cm³/mol. The first-order chi connectivity index (χ1) is 11.5. The molecule has 0 aliphatic rings. The number of para-hydroxylation sites is 1. The van der Waals surface area contributed by atoms with Crippen LogP contribution >= 0.6 is 0 Å². The zero-order valence-corrected chi connectivity index (χ0v) is 14.1. The number of nitrogens with zero attached hydrogens (tertiary/aromatic N) is 1. The minimum Gasteiger partial charge on any atom is -0.399 e. The third kappa shape index (κ3) is 4.59. The molecule has 0 unspecified atom stereocenters. The van der Waals surface area contributed by atoms with Crippen LogP contribution in [0, 0.1) is 6.92 Å². The average Bonchev–Trinajstić information content (AvgIpc) is 2.56. The summed E-state index contributed by atoms with van der Waals surface area (Å²) in [5, 5.41) is 2.86. The number of nitrogens with one attached hydrogen (secondary N) is 1. The van der Waals surface area contributed by atoms with Crippen LogP contribution in [0.2, 0.25) is 0 Å². The molecule has 5 nitrogen and oxygen atoms in total. The van der Waals surface area contributed by atoms with Crippen LogP contribution in [-0.2, 0) is 4.79 Å². The van der Waals surface area contributed by atoms with E-state index in [-0.39, 0.29) is 18.4 Å². The van der Waals surface area contributed by atoms with Crippen LogP contribution in [0.3, 0.4) is 0 Å². The summed E-state index contributed by atoms with van der Waals surface area (Å²) in [6.45, 7) is 4.44. The first-order valence-corrected chi connectivity index (χ1v) is 8.01. The van der Waals surface area contributed by atoms with Gasteiger partial charge in [-0.1, -0.05) is 25.1 Å². The quantitative estimate of drug-likeness (QED) is 0.802. The molecule has 2 amide bonds. The van der Waals surface area contributed by atoms with Gasteiger partial charge in [0.25, 0.3) is 5.91 Å². The van der Waals surface area contributed by atoms with Gasteiger partial charge in [-0.15, -0.1) is 0 Å². The molecule has 0 aliphatic heterocycles. The number of hydrogen-bond donors (Lipinski definition) is 2. The second-order valence-electron chi connectivity index (χ2n) is 5.71. The Morgan fingerprint density at radius 1 is 1.08 bits per heavy atom. The fourth-order valence-electron chi connectivity index (χ4n) is 2.41. The number of nitrogens with two attached hydrogens (primary N) is 1. The van der Waals surface area contributed by atoms with Crippen molar-refractivity contribution in [1.82, 2.24) is 4.90 Å². The third-order valence-electron chi connectivity index (χ3n) is 3.69. The fourth-order valence-corrected chi connectivity index (χ4v) is 2.41. The Labute approximate surface area is 142 Å². The summed E-state index contributed by atoms with van der Waals surface area (Å²) in [5.41, 5.74) is 8.53. The Kier molecular flexibility index (Phi) is 5.95. The van der Waals surface area contributed by atoms with Crippen molar-refractivity contribution in [1.29, 1.82) is 0 Å². The Morgan fingerprint density at radius 3 is 2.38 bits per heavy atom. The number of aryl methyl sites for hydroxylation is 1. The van der Waals surface area contributed by atoms with Gasteiger partial charge in [0.05, 0.1) is 0 Å². The number of carbonyl (C=O) groups is 2. The van der Waals surface area contributed by atoms with E-state index in [0.717, 1.165) is 17.7 Å². The number of anilines is 2. The van der Waals surface area contributed by atoms with Gasteiger partial charge in [0.2, 0.25) is 5.91 Å². The van der Waals surface area contributed by atoms with Crippen molar-refractivity contribution in [2.75, 3.05) is 24.1 Å². The molecule has 24 heavy (non-hydrogen) atoms. The molecule has 0 atom stereocenters. The van der Waals surface area contributed by atoms with Crippen molar-refractivity contribution in [2.45, 2.75) is 20.3 Å². The zero-order valence-electron chi connectivity index (χ0n) is 14.1. The first-order valence-electron chi connectivity index (χ1n) is 8.01. The van der Waals surface area contributed by atoms with Crippen LogP contribution in [-0.4, -0.2) is 29.8 Å². The van der Waals surface area contributed by atoms with E-state index in [9.17, 15) is 9.59 Å². The standard InChI is InChI=1S/C19H23N3O2/c1-3-12-22(19(24)15-8-10-16(20)11-9-15)13-18(23)21-17-7-5-4-6-14(17)2/h4-11H,3,12-13,20H2,1-2H3,(H,21,23). The lowest BCUT2D eigenvalue weighted by Gasteiger charge is -2.22. The summed E-state index contributed by atoms with van der Waals surface area (Å²) >= 11 is 0. The summed E-state index contributed by atoms with van der Waals surface area (Å²) in [4.78, 5) is 26.5. The largest absolute Gasteiger partial charge is 0.399 e. The number of benzene rings is 2. The average molecular weight is 325 g/mol. The molecule has 3 N–H and O–H groups in total. The Hall–Kier alpha value is -2.82. The molecule has 0 heterocycles. The molecule has 0 fully saturated rings. The van der Waals surface area contributed by atoms with Gasteiger partial charge in [-0.2, -0.15) is 0 Å². The first kappa shape index (κ1) is 17.5. The van der Waals surface area contributed by atoms with Crippen molar-refractivity contribution in [2.24, 2.45) is 0 Å². The lowest BCUT2D eigenvalue weighted by atomic mass is 10.1. The second-order valence-corrected chi connectivity index (χ2v) is 5.71. The third-order valence-corrected chi connectivity index (χ3v) is 3.69. The van der Waals surface area contributed by atoms with Gasteiger partial charge in [-0.05, 0) is 49.2 Å². The van der Waals surface area contributed by atoms with Crippen LogP contribution in [0.25, 0.3) is 0 Å². The summed E-state index contributed by atoms with van der Waals surface area (Å²) in [6, 6.07) is 14.3. The van der Waals surface area contributed by atoms with Crippen molar-refractivity contribution in [3.8, 4) is 0 Å². The Bertz CT molecular complexity index is 711. The number of amides is 2. The van der Waals surface area contributed by atoms with Crippen LogP contribution in [0.4, 0.5) is 11.4 Å². The van der Waals surface area contributed by atoms with E-state index < -0.39 is 0 Å². The lowest BCUT2D eigenvalue weighted by Crippen LogP contribution is -2.38. The van der Waals surface area contributed by atoms with Gasteiger partial charge in [-0.25, -0.2) is 0 Å². The van der Waals surface area contributed by atoms with Gasteiger partial charge in [0.15, 0.2) is 0 Å². The molecule has 0 aliphatic carbocycles. The molecule has 126 valence electrons. The van der Waals surface area contributed by atoms with Crippen LogP contribution in [0.15, 0.2) is 48.5 Å². The van der Waals surface area contributed by atoms with Crippen molar-refractivity contribution in [3.05, 3.63) is 59.7 Å². The minimum atomic E-state index is -0.207. The topological polar surface area (TPSA) is 75.4 Å². The van der Waals surface area contributed by atoms with Gasteiger partial charge in [0.1, 0.15) is 6.54 Å². The van der Waals surface area contributed by atoms with E-state index in [4.69, 9.17) is 5.73 Å². The molecular formula is C19H23N3O2. The van der Waals surface area contributed by atoms with Gasteiger partial charge >= 0.3 is 0 Å². The van der Waals surface area contributed by atoms with Crippen LogP contribution in [0.5, 0.6) is 0 Å². The van der Waals surface area contributed by atoms with Gasteiger partial charge in [0, 0.05) is 23.5 Å². The van der Waals surface area contributed by atoms with E-state index in [1.54, 1.807) is 29.2 Å². The summed E-state index contributed by atoms with van der Waals surface area (Å²) in [7, 11) is 0. The smallest absolute Gasteiger partial charge is 0.254 e. The molecule has 2 aromatic carbocycles. The Balaban J connectivity index is 2.07. The number of nitrogen functional groups attached to an aromatic ring is 1. The normalized spacial score (nSPS) is 10.2. The van der Waals surface area contributed by atoms with Gasteiger partial charge in [-0.3, -0.25) is 9.59 Å². The van der Waals surface area contributed by atoms with Crippen molar-refractivity contribution >= 4 is 23.2 Å². The molecule has 0 bridgehead atoms. The molecule has 2 aromatic rings. The predicted octanol–water partition coefficient (Wildman–Crippen LogP) is 3.07.